The summed E-state index contributed by atoms with van der Waals surface area (Å²) in [4.78, 5) is 8.29. The number of hydrogen-bond donors (Lipinski definition) is 1. The average molecular weight is 415 g/mol. The lowest BCUT2D eigenvalue weighted by molar-refractivity contribution is -0.143. The summed E-state index contributed by atoms with van der Waals surface area (Å²) in [5.74, 6) is 0. The Balaban J connectivity index is 2.52. The van der Waals surface area contributed by atoms with Crippen LogP contribution in [-0.2, 0) is 12.4 Å². The molecular formula is C20H19F6N3. The van der Waals surface area contributed by atoms with Crippen LogP contribution < -0.4 is 5.32 Å². The Morgan fingerprint density at radius 2 is 1.59 bits per heavy atom. The van der Waals surface area contributed by atoms with Gasteiger partial charge in [-0.15, -0.1) is 0 Å². The molecule has 3 nitrogen and oxygen atoms in total. The Kier molecular flexibility index (Phi) is 6.71. The molecule has 1 atom stereocenters. The molecule has 1 unspecified atom stereocenters. The van der Waals surface area contributed by atoms with Crippen LogP contribution in [0.4, 0.5) is 26.3 Å². The first-order chi connectivity index (χ1) is 13.5. The number of aromatic nitrogens is 2. The monoisotopic (exact) mass is 415 g/mol. The summed E-state index contributed by atoms with van der Waals surface area (Å²) in [6, 6.07) is 0.955. The van der Waals surface area contributed by atoms with Gasteiger partial charge in [0.1, 0.15) is 0 Å². The fourth-order valence-corrected chi connectivity index (χ4v) is 2.73. The van der Waals surface area contributed by atoms with Crippen molar-refractivity contribution in [3.8, 4) is 0 Å². The second-order valence-corrected chi connectivity index (χ2v) is 6.22. The Hall–Kier alpha value is -2.84. The van der Waals surface area contributed by atoms with Gasteiger partial charge in [0.2, 0.25) is 0 Å². The molecule has 0 saturated carbocycles. The predicted molar refractivity (Wildman–Crippen MR) is 98.4 cm³/mol. The van der Waals surface area contributed by atoms with Gasteiger partial charge in [0.25, 0.3) is 0 Å². The maximum atomic E-state index is 13.2. The van der Waals surface area contributed by atoms with Gasteiger partial charge in [-0.2, -0.15) is 26.3 Å². The van der Waals surface area contributed by atoms with Gasteiger partial charge in [0.15, 0.2) is 0 Å². The summed E-state index contributed by atoms with van der Waals surface area (Å²) in [7, 11) is 0. The van der Waals surface area contributed by atoms with Crippen molar-refractivity contribution in [3.05, 3.63) is 71.3 Å². The van der Waals surface area contributed by atoms with E-state index in [2.05, 4.69) is 21.9 Å². The third kappa shape index (κ3) is 5.58. The molecule has 2 aromatic rings. The van der Waals surface area contributed by atoms with E-state index in [1.165, 1.54) is 24.5 Å². The zero-order valence-electron chi connectivity index (χ0n) is 15.7. The highest BCUT2D eigenvalue weighted by molar-refractivity contribution is 5.66. The summed E-state index contributed by atoms with van der Waals surface area (Å²) >= 11 is 0. The molecule has 9 heteroatoms. The molecular weight excluding hydrogens is 396 g/mol. The molecule has 0 radical (unpaired) electrons. The molecule has 0 amide bonds. The molecule has 156 valence electrons. The van der Waals surface area contributed by atoms with Gasteiger partial charge < -0.3 is 5.32 Å². The van der Waals surface area contributed by atoms with Crippen molar-refractivity contribution in [2.75, 3.05) is 0 Å². The standard InChI is InChI=1S/C20H19F6N3/c1-4-6-17(29-12(3)18-16(5-2)27-7-8-28-18)13-9-14(19(21,22)23)11-15(10-13)20(24,25)26/h5-12,29H,2,4H2,1,3H3. The van der Waals surface area contributed by atoms with Crippen LogP contribution in [0.3, 0.4) is 0 Å². The molecule has 0 aliphatic heterocycles. The van der Waals surface area contributed by atoms with Crippen LogP contribution in [0.5, 0.6) is 0 Å². The molecule has 0 aliphatic rings. The summed E-state index contributed by atoms with van der Waals surface area (Å²) in [6.45, 7) is 7.03. The van der Waals surface area contributed by atoms with E-state index >= 15 is 0 Å². The van der Waals surface area contributed by atoms with E-state index in [1.807, 2.05) is 0 Å². The van der Waals surface area contributed by atoms with E-state index < -0.39 is 29.5 Å². The van der Waals surface area contributed by atoms with E-state index in [-0.39, 0.29) is 17.3 Å². The zero-order chi connectivity index (χ0) is 21.8. The van der Waals surface area contributed by atoms with Gasteiger partial charge in [-0.05, 0) is 43.2 Å². The molecule has 29 heavy (non-hydrogen) atoms. The van der Waals surface area contributed by atoms with Crippen molar-refractivity contribution in [2.45, 2.75) is 38.7 Å². The number of nitrogens with zero attached hydrogens (tertiary/aromatic N) is 2. The normalized spacial score (nSPS) is 13.9. The van der Waals surface area contributed by atoms with E-state index in [4.69, 9.17) is 0 Å². The Labute approximate surface area is 164 Å². The van der Waals surface area contributed by atoms with Crippen LogP contribution in [0.25, 0.3) is 11.8 Å². The number of alkyl halides is 6. The topological polar surface area (TPSA) is 37.8 Å². The van der Waals surface area contributed by atoms with Crippen molar-refractivity contribution in [3.63, 3.8) is 0 Å². The highest BCUT2D eigenvalue weighted by atomic mass is 19.4. The first kappa shape index (κ1) is 22.4. The SMILES string of the molecule is C=Cc1nccnc1C(C)NC(=CCC)c1cc(C(F)(F)F)cc(C(F)(F)F)c1. The summed E-state index contributed by atoms with van der Waals surface area (Å²) in [6.07, 6.45) is -3.55. The van der Waals surface area contributed by atoms with Crippen molar-refractivity contribution in [2.24, 2.45) is 0 Å². The van der Waals surface area contributed by atoms with E-state index in [9.17, 15) is 26.3 Å². The van der Waals surface area contributed by atoms with Crippen LogP contribution in [0, 0.1) is 0 Å². The second kappa shape index (κ2) is 8.67. The summed E-state index contributed by atoms with van der Waals surface area (Å²) < 4.78 is 79.0. The van der Waals surface area contributed by atoms with E-state index in [0.717, 1.165) is 0 Å². The lowest BCUT2D eigenvalue weighted by atomic mass is 10.0. The lowest BCUT2D eigenvalue weighted by Crippen LogP contribution is -2.21. The third-order valence-electron chi connectivity index (χ3n) is 4.04. The minimum Gasteiger partial charge on any atom is -0.377 e. The van der Waals surface area contributed by atoms with Crippen LogP contribution >= 0.6 is 0 Å². The fourth-order valence-electron chi connectivity index (χ4n) is 2.73. The molecule has 0 aliphatic carbocycles. The fraction of sp³-hybridized carbons (Fsp3) is 0.300. The van der Waals surface area contributed by atoms with Gasteiger partial charge in [-0.25, -0.2) is 0 Å². The summed E-state index contributed by atoms with van der Waals surface area (Å²) in [5, 5.41) is 2.96. The van der Waals surface area contributed by atoms with Gasteiger partial charge in [0.05, 0.1) is 28.6 Å². The molecule has 1 aromatic carbocycles. The Morgan fingerprint density at radius 1 is 1.03 bits per heavy atom. The van der Waals surface area contributed by atoms with Crippen molar-refractivity contribution >= 4 is 11.8 Å². The number of nitrogens with one attached hydrogen (secondary N) is 1. The number of halogens is 6. The van der Waals surface area contributed by atoms with E-state index in [0.29, 0.717) is 29.9 Å². The minimum absolute atomic E-state index is 0.106. The van der Waals surface area contributed by atoms with E-state index in [1.54, 1.807) is 13.8 Å². The molecule has 2 rings (SSSR count). The zero-order valence-corrected chi connectivity index (χ0v) is 15.7. The van der Waals surface area contributed by atoms with Crippen LogP contribution in [-0.4, -0.2) is 9.97 Å². The van der Waals surface area contributed by atoms with Crippen LogP contribution in [0.1, 0.15) is 54.4 Å². The third-order valence-corrected chi connectivity index (χ3v) is 4.04. The minimum atomic E-state index is -4.92. The molecule has 1 heterocycles. The molecule has 1 N–H and O–H groups in total. The molecule has 0 saturated heterocycles. The molecule has 0 bridgehead atoms. The highest BCUT2D eigenvalue weighted by Gasteiger charge is 2.37. The summed E-state index contributed by atoms with van der Waals surface area (Å²) in [5.41, 5.74) is -1.90. The van der Waals surface area contributed by atoms with Gasteiger partial charge in [-0.1, -0.05) is 19.6 Å². The number of allylic oxidation sites excluding steroid dienone is 1. The molecule has 1 aromatic heterocycles. The first-order valence-electron chi connectivity index (χ1n) is 8.67. The second-order valence-electron chi connectivity index (χ2n) is 6.22. The van der Waals surface area contributed by atoms with Crippen LogP contribution in [0.15, 0.2) is 43.2 Å². The predicted octanol–water partition coefficient (Wildman–Crippen LogP) is 6.26. The van der Waals surface area contributed by atoms with Crippen molar-refractivity contribution in [1.29, 1.82) is 0 Å². The Morgan fingerprint density at radius 3 is 2.07 bits per heavy atom. The quantitative estimate of drug-likeness (QED) is 0.566. The maximum Gasteiger partial charge on any atom is 0.416 e. The number of rotatable bonds is 6. The first-order valence-corrected chi connectivity index (χ1v) is 8.67. The van der Waals surface area contributed by atoms with Crippen molar-refractivity contribution < 1.29 is 26.3 Å². The van der Waals surface area contributed by atoms with Gasteiger partial charge in [-0.3, -0.25) is 9.97 Å². The van der Waals surface area contributed by atoms with Crippen LogP contribution in [0.2, 0.25) is 0 Å². The smallest absolute Gasteiger partial charge is 0.377 e. The lowest BCUT2D eigenvalue weighted by Gasteiger charge is -2.21. The largest absolute Gasteiger partial charge is 0.416 e. The van der Waals surface area contributed by atoms with Gasteiger partial charge >= 0.3 is 12.4 Å². The average Bonchev–Trinajstić information content (AvgIpc) is 2.65. The Bertz CT molecular complexity index is 868. The van der Waals surface area contributed by atoms with Gasteiger partial charge in [0, 0.05) is 18.1 Å². The molecule has 0 spiro atoms. The highest BCUT2D eigenvalue weighted by Crippen LogP contribution is 2.37. The van der Waals surface area contributed by atoms with Crippen molar-refractivity contribution in [1.82, 2.24) is 15.3 Å². The molecule has 0 fully saturated rings. The number of hydrogen-bond acceptors (Lipinski definition) is 3. The maximum absolute atomic E-state index is 13.2. The number of benzene rings is 1.